The predicted octanol–water partition coefficient (Wildman–Crippen LogP) is 7.31. The number of hydrogen-bond acceptors (Lipinski definition) is 6. The van der Waals surface area contributed by atoms with E-state index in [1.807, 2.05) is 17.5 Å². The molecular weight excluding hydrogens is 544 g/mol. The molecule has 0 N–H and O–H groups in total. The van der Waals surface area contributed by atoms with Crippen LogP contribution >= 0.6 is 18.8 Å². The van der Waals surface area contributed by atoms with Crippen molar-refractivity contribution in [3.8, 4) is 0 Å². The molecular formula is C28H30F3N4O2PS. The van der Waals surface area contributed by atoms with Crippen molar-refractivity contribution < 1.29 is 22.4 Å². The van der Waals surface area contributed by atoms with Gasteiger partial charge in [0.1, 0.15) is 0 Å². The van der Waals surface area contributed by atoms with E-state index >= 15 is 0 Å². The normalized spacial score (nSPS) is 24.5. The molecule has 1 fully saturated rings. The predicted molar refractivity (Wildman–Crippen MR) is 151 cm³/mol. The number of likely N-dealkylation sites (N-methyl/N-ethyl adjacent to an activating group) is 1. The number of ether oxygens (including phenoxy) is 1. The molecule has 11 heteroatoms. The van der Waals surface area contributed by atoms with Gasteiger partial charge in [0.2, 0.25) is 13.3 Å². The number of benzene rings is 2. The largest absolute Gasteiger partial charge is 0.424 e. The standard InChI is InChI=1S/C28H30F3N4O2PS/c1-18-27(2,3)21-16-24-22(17-23(21)34(18)4)32-26(25-9-6-14-39-25)37-38(24,35-10-12-36-13-11-35)33-20-8-5-7-19(15-20)28(29,30)31/h5-9,14-18H,10-13H2,1-4H3/t18-,38+/m0/s1. The number of fused-ring (bicyclic) bond motifs is 2. The Hall–Kier alpha value is -2.65. The molecule has 3 aromatic rings. The van der Waals surface area contributed by atoms with Crippen LogP contribution in [0.2, 0.25) is 0 Å². The van der Waals surface area contributed by atoms with Gasteiger partial charge in [0.15, 0.2) is 0 Å². The molecule has 1 saturated heterocycles. The zero-order chi connectivity index (χ0) is 27.6. The quantitative estimate of drug-likeness (QED) is 0.308. The van der Waals surface area contributed by atoms with E-state index in [0.717, 1.165) is 39.3 Å². The molecule has 6 rings (SSSR count). The molecule has 4 heterocycles. The number of thiophene rings is 1. The fourth-order valence-electron chi connectivity index (χ4n) is 5.49. The number of halogens is 3. The molecule has 3 aliphatic heterocycles. The minimum atomic E-state index is -4.48. The highest BCUT2D eigenvalue weighted by atomic mass is 32.1. The van der Waals surface area contributed by atoms with Crippen LogP contribution in [0.15, 0.2) is 63.6 Å². The smallest absolute Gasteiger partial charge is 0.416 e. The molecule has 0 bridgehead atoms. The Morgan fingerprint density at radius 1 is 1.10 bits per heavy atom. The lowest BCUT2D eigenvalue weighted by molar-refractivity contribution is -0.137. The van der Waals surface area contributed by atoms with E-state index in [1.54, 1.807) is 6.07 Å². The summed E-state index contributed by atoms with van der Waals surface area (Å²) in [5.74, 6) is 0.445. The summed E-state index contributed by atoms with van der Waals surface area (Å²) < 4.78 is 60.9. The molecule has 0 spiro atoms. The number of morpholine rings is 1. The number of nitrogens with zero attached hydrogens (tertiary/aromatic N) is 4. The van der Waals surface area contributed by atoms with E-state index in [-0.39, 0.29) is 17.1 Å². The summed E-state index contributed by atoms with van der Waals surface area (Å²) in [6.45, 7) is 8.70. The van der Waals surface area contributed by atoms with Crippen molar-refractivity contribution in [2.45, 2.75) is 38.4 Å². The molecule has 2 aromatic carbocycles. The third kappa shape index (κ3) is 4.42. The molecule has 0 saturated carbocycles. The van der Waals surface area contributed by atoms with Gasteiger partial charge in [-0.15, -0.1) is 11.3 Å². The first-order valence-electron chi connectivity index (χ1n) is 12.9. The summed E-state index contributed by atoms with van der Waals surface area (Å²) in [7, 11) is -1.02. The van der Waals surface area contributed by atoms with Crippen LogP contribution in [0.5, 0.6) is 0 Å². The van der Waals surface area contributed by atoms with Crippen molar-refractivity contribution in [2.75, 3.05) is 38.3 Å². The number of rotatable bonds is 3. The van der Waals surface area contributed by atoms with E-state index in [1.165, 1.54) is 17.4 Å². The van der Waals surface area contributed by atoms with Crippen molar-refractivity contribution in [3.05, 3.63) is 69.9 Å². The van der Waals surface area contributed by atoms with Crippen LogP contribution in [0.4, 0.5) is 30.2 Å². The third-order valence-corrected chi connectivity index (χ3v) is 12.0. The molecule has 0 radical (unpaired) electrons. The Morgan fingerprint density at radius 3 is 2.56 bits per heavy atom. The van der Waals surface area contributed by atoms with E-state index < -0.39 is 19.2 Å². The second-order valence-electron chi connectivity index (χ2n) is 10.6. The highest BCUT2D eigenvalue weighted by molar-refractivity contribution is 7.68. The molecule has 1 aromatic heterocycles. The van der Waals surface area contributed by atoms with Gasteiger partial charge >= 0.3 is 6.18 Å². The first kappa shape index (κ1) is 26.6. The van der Waals surface area contributed by atoms with Crippen molar-refractivity contribution in [1.29, 1.82) is 0 Å². The SMILES string of the molecule is C[C@@H]1N(C)c2cc3c(cc2C1(C)C)[P@@](=Nc1cccc(C(F)(F)F)c1)(N1CCOCC1)OC(c1cccs1)=N3. The van der Waals surface area contributed by atoms with E-state index in [0.29, 0.717) is 32.2 Å². The molecule has 206 valence electrons. The zero-order valence-electron chi connectivity index (χ0n) is 22.2. The highest BCUT2D eigenvalue weighted by Gasteiger charge is 2.46. The van der Waals surface area contributed by atoms with E-state index in [2.05, 4.69) is 49.5 Å². The molecule has 0 unspecified atom stereocenters. The molecule has 0 amide bonds. The van der Waals surface area contributed by atoms with E-state index in [4.69, 9.17) is 19.0 Å². The number of aliphatic imine (C=N–C) groups is 1. The first-order chi connectivity index (χ1) is 18.5. The lowest BCUT2D eigenvalue weighted by atomic mass is 9.81. The molecule has 3 aliphatic rings. The van der Waals surface area contributed by atoms with E-state index in [9.17, 15) is 13.2 Å². The van der Waals surface area contributed by atoms with Crippen LogP contribution in [-0.4, -0.2) is 50.0 Å². The Morgan fingerprint density at radius 2 is 1.87 bits per heavy atom. The summed E-state index contributed by atoms with van der Waals surface area (Å²) in [5, 5.41) is 2.78. The lowest BCUT2D eigenvalue weighted by Gasteiger charge is -2.40. The molecule has 2 atom stereocenters. The summed E-state index contributed by atoms with van der Waals surface area (Å²) in [6, 6.07) is 13.6. The van der Waals surface area contributed by atoms with Crippen molar-refractivity contribution >= 4 is 47.0 Å². The fourth-order valence-corrected chi connectivity index (χ4v) is 9.23. The van der Waals surface area contributed by atoms with Gasteiger partial charge in [0.05, 0.1) is 40.3 Å². The Kier molecular flexibility index (Phi) is 6.45. The van der Waals surface area contributed by atoms with Gasteiger partial charge in [-0.2, -0.15) is 13.2 Å². The van der Waals surface area contributed by atoms with Gasteiger partial charge in [-0.25, -0.2) is 14.4 Å². The minimum Gasteiger partial charge on any atom is -0.424 e. The summed E-state index contributed by atoms with van der Waals surface area (Å²) >= 11 is 1.51. The molecule has 0 aliphatic carbocycles. The Balaban J connectivity index is 1.66. The van der Waals surface area contributed by atoms with Crippen LogP contribution < -0.4 is 10.2 Å². The van der Waals surface area contributed by atoms with Crippen molar-refractivity contribution in [2.24, 2.45) is 9.74 Å². The van der Waals surface area contributed by atoms with Crippen molar-refractivity contribution in [3.63, 3.8) is 0 Å². The second-order valence-corrected chi connectivity index (χ2v) is 14.1. The zero-order valence-corrected chi connectivity index (χ0v) is 23.9. The highest BCUT2D eigenvalue weighted by Crippen LogP contribution is 2.61. The first-order valence-corrected chi connectivity index (χ1v) is 15.4. The average molecular weight is 575 g/mol. The maximum Gasteiger partial charge on any atom is 0.416 e. The lowest BCUT2D eigenvalue weighted by Crippen LogP contribution is -2.39. The summed E-state index contributed by atoms with van der Waals surface area (Å²) in [5.41, 5.74) is 2.34. The Labute approximate surface area is 230 Å². The van der Waals surface area contributed by atoms with Gasteiger partial charge < -0.3 is 14.2 Å². The number of hydrogen-bond donors (Lipinski definition) is 0. The van der Waals surface area contributed by atoms with Crippen molar-refractivity contribution in [1.82, 2.24) is 4.67 Å². The van der Waals surface area contributed by atoms with Crippen LogP contribution in [0.1, 0.15) is 36.8 Å². The topological polar surface area (TPSA) is 49.7 Å². The molecule has 6 nitrogen and oxygen atoms in total. The van der Waals surface area contributed by atoms with Gasteiger partial charge in [-0.1, -0.05) is 26.0 Å². The van der Waals surface area contributed by atoms with Gasteiger partial charge in [-0.3, -0.25) is 0 Å². The maximum absolute atomic E-state index is 13.7. The van der Waals surface area contributed by atoms with Gasteiger partial charge in [0.25, 0.3) is 0 Å². The Bertz CT molecular complexity index is 1500. The third-order valence-electron chi connectivity index (χ3n) is 8.07. The van der Waals surface area contributed by atoms with Gasteiger partial charge in [0, 0.05) is 37.3 Å². The number of anilines is 1. The van der Waals surface area contributed by atoms with Crippen LogP contribution in [0.25, 0.3) is 0 Å². The van der Waals surface area contributed by atoms with Gasteiger partial charge in [-0.05, 0) is 54.3 Å². The van der Waals surface area contributed by atoms with Crippen LogP contribution in [0.3, 0.4) is 0 Å². The molecule has 39 heavy (non-hydrogen) atoms. The second kappa shape index (κ2) is 9.47. The monoisotopic (exact) mass is 574 g/mol. The van der Waals surface area contributed by atoms with Crippen LogP contribution in [0, 0.1) is 0 Å². The number of alkyl halides is 3. The summed E-state index contributed by atoms with van der Waals surface area (Å²) in [6.07, 6.45) is -4.48. The van der Waals surface area contributed by atoms with Crippen LogP contribution in [-0.2, 0) is 20.9 Å². The minimum absolute atomic E-state index is 0.159. The average Bonchev–Trinajstić information content (AvgIpc) is 3.51. The maximum atomic E-state index is 13.7. The summed E-state index contributed by atoms with van der Waals surface area (Å²) in [4.78, 5) is 8.08. The fraction of sp³-hybridized carbons (Fsp3) is 0.393.